The van der Waals surface area contributed by atoms with Crippen molar-refractivity contribution >= 4 is 17.4 Å². The van der Waals surface area contributed by atoms with Crippen LogP contribution < -0.4 is 10.6 Å². The van der Waals surface area contributed by atoms with Gasteiger partial charge in [-0.05, 0) is 63.7 Å². The first-order valence-electron chi connectivity index (χ1n) is 8.75. The fourth-order valence-corrected chi connectivity index (χ4v) is 2.67. The summed E-state index contributed by atoms with van der Waals surface area (Å²) in [5.41, 5.74) is 3.73. The number of carbonyl (C=O) groups is 1. The van der Waals surface area contributed by atoms with Gasteiger partial charge in [-0.15, -0.1) is 0 Å². The summed E-state index contributed by atoms with van der Waals surface area (Å²) >= 11 is 0. The van der Waals surface area contributed by atoms with Crippen molar-refractivity contribution in [1.29, 1.82) is 0 Å². The zero-order chi connectivity index (χ0) is 18.2. The van der Waals surface area contributed by atoms with Crippen LogP contribution in [0.25, 0.3) is 0 Å². The number of carbonyl (C=O) groups excluding carboxylic acids is 1. The zero-order valence-electron chi connectivity index (χ0n) is 15.6. The second-order valence-corrected chi connectivity index (χ2v) is 6.43. The first-order chi connectivity index (χ1) is 12.0. The van der Waals surface area contributed by atoms with Crippen molar-refractivity contribution in [3.05, 3.63) is 53.2 Å². The maximum Gasteiger partial charge on any atom is 0.255 e. The van der Waals surface area contributed by atoms with Crippen LogP contribution in [0.2, 0.25) is 0 Å². The minimum Gasteiger partial charge on any atom is -0.370 e. The second-order valence-electron chi connectivity index (χ2n) is 6.43. The van der Waals surface area contributed by atoms with E-state index in [2.05, 4.69) is 41.5 Å². The Morgan fingerprint density at radius 1 is 1.24 bits per heavy atom. The molecule has 5 nitrogen and oxygen atoms in total. The predicted molar refractivity (Wildman–Crippen MR) is 104 cm³/mol. The van der Waals surface area contributed by atoms with E-state index in [9.17, 15) is 4.79 Å². The molecule has 0 aliphatic carbocycles. The first kappa shape index (κ1) is 18.9. The van der Waals surface area contributed by atoms with Crippen LogP contribution in [0.4, 0.5) is 11.5 Å². The summed E-state index contributed by atoms with van der Waals surface area (Å²) in [4.78, 5) is 19.1. The lowest BCUT2D eigenvalue weighted by Gasteiger charge is -2.14. The van der Waals surface area contributed by atoms with E-state index < -0.39 is 0 Å². The second kappa shape index (κ2) is 9.18. The molecule has 0 atom stereocenters. The molecule has 0 saturated carbocycles. The van der Waals surface area contributed by atoms with Gasteiger partial charge < -0.3 is 15.5 Å². The van der Waals surface area contributed by atoms with Crippen molar-refractivity contribution in [1.82, 2.24) is 9.88 Å². The molecule has 0 bridgehead atoms. The van der Waals surface area contributed by atoms with Crippen molar-refractivity contribution in [3.63, 3.8) is 0 Å². The van der Waals surface area contributed by atoms with E-state index in [0.717, 1.165) is 48.6 Å². The summed E-state index contributed by atoms with van der Waals surface area (Å²) in [6.07, 6.45) is 3.57. The van der Waals surface area contributed by atoms with Crippen molar-refractivity contribution in [2.45, 2.75) is 26.7 Å². The number of anilines is 2. The molecule has 1 amide bonds. The van der Waals surface area contributed by atoms with E-state index in [1.54, 1.807) is 18.3 Å². The monoisotopic (exact) mass is 340 g/mol. The molecule has 0 unspecified atom stereocenters. The molecule has 134 valence electrons. The van der Waals surface area contributed by atoms with Crippen LogP contribution in [-0.2, 0) is 6.42 Å². The highest BCUT2D eigenvalue weighted by Gasteiger charge is 2.11. The average molecular weight is 340 g/mol. The molecule has 2 N–H and O–H groups in total. The highest BCUT2D eigenvalue weighted by molar-refractivity contribution is 6.05. The van der Waals surface area contributed by atoms with Crippen LogP contribution in [0.3, 0.4) is 0 Å². The van der Waals surface area contributed by atoms with Gasteiger partial charge in [-0.3, -0.25) is 4.79 Å². The number of amides is 1. The number of nitrogens with zero attached hydrogens (tertiary/aromatic N) is 2. The van der Waals surface area contributed by atoms with Gasteiger partial charge in [-0.2, -0.15) is 0 Å². The molecule has 2 aromatic rings. The van der Waals surface area contributed by atoms with Crippen molar-refractivity contribution in [2.24, 2.45) is 0 Å². The number of pyridine rings is 1. The Labute approximate surface area is 150 Å². The van der Waals surface area contributed by atoms with Gasteiger partial charge in [-0.1, -0.05) is 25.1 Å². The van der Waals surface area contributed by atoms with E-state index in [1.165, 1.54) is 0 Å². The predicted octanol–water partition coefficient (Wildman–Crippen LogP) is 3.57. The van der Waals surface area contributed by atoms with Gasteiger partial charge in [0.25, 0.3) is 5.91 Å². The topological polar surface area (TPSA) is 57.3 Å². The molecule has 2 rings (SSSR count). The molecule has 1 aromatic carbocycles. The fraction of sp³-hybridized carbons (Fsp3) is 0.400. The Bertz CT molecular complexity index is 713. The molecule has 0 aliphatic heterocycles. The molecule has 5 heteroatoms. The van der Waals surface area contributed by atoms with Gasteiger partial charge in [0, 0.05) is 24.0 Å². The van der Waals surface area contributed by atoms with E-state index in [-0.39, 0.29) is 5.91 Å². The standard InChI is InChI=1S/C20H28N4O/c1-5-16-9-6-8-15(2)19(16)23-20(25)17-10-12-22-18(14-17)21-11-7-13-24(3)4/h6,8-10,12,14H,5,7,11,13H2,1-4H3,(H,21,22)(H,23,25). The number of hydrogen-bond acceptors (Lipinski definition) is 4. The lowest BCUT2D eigenvalue weighted by Crippen LogP contribution is -2.17. The number of benzene rings is 1. The number of aromatic nitrogens is 1. The molecular weight excluding hydrogens is 312 g/mol. The molecule has 1 heterocycles. The maximum atomic E-state index is 12.6. The Hall–Kier alpha value is -2.40. The number of rotatable bonds is 8. The molecule has 1 aromatic heterocycles. The van der Waals surface area contributed by atoms with Crippen LogP contribution in [0.1, 0.15) is 34.8 Å². The van der Waals surface area contributed by atoms with Crippen LogP contribution >= 0.6 is 0 Å². The normalized spacial score (nSPS) is 10.8. The lowest BCUT2D eigenvalue weighted by molar-refractivity contribution is 0.102. The van der Waals surface area contributed by atoms with Crippen molar-refractivity contribution < 1.29 is 4.79 Å². The van der Waals surface area contributed by atoms with E-state index >= 15 is 0 Å². The fourth-order valence-electron chi connectivity index (χ4n) is 2.67. The Balaban J connectivity index is 2.04. The third-order valence-electron chi connectivity index (χ3n) is 4.09. The summed E-state index contributed by atoms with van der Waals surface area (Å²) in [5, 5.41) is 6.33. The Kier molecular flexibility index (Phi) is 6.95. The third kappa shape index (κ3) is 5.57. The van der Waals surface area contributed by atoms with Gasteiger partial charge in [-0.25, -0.2) is 4.98 Å². The summed E-state index contributed by atoms with van der Waals surface area (Å²) in [7, 11) is 4.11. The summed E-state index contributed by atoms with van der Waals surface area (Å²) < 4.78 is 0. The molecular formula is C20H28N4O. The Morgan fingerprint density at radius 2 is 2.04 bits per heavy atom. The van der Waals surface area contributed by atoms with E-state index in [0.29, 0.717) is 5.56 Å². The summed E-state index contributed by atoms with van der Waals surface area (Å²) in [5.74, 6) is 0.620. The number of para-hydroxylation sites is 1. The molecule has 0 radical (unpaired) electrons. The van der Waals surface area contributed by atoms with Crippen molar-refractivity contribution in [2.75, 3.05) is 37.8 Å². The van der Waals surface area contributed by atoms with E-state index in [4.69, 9.17) is 0 Å². The van der Waals surface area contributed by atoms with E-state index in [1.807, 2.05) is 25.1 Å². The van der Waals surface area contributed by atoms with Gasteiger partial charge in [0.2, 0.25) is 0 Å². The quantitative estimate of drug-likeness (QED) is 0.721. The largest absolute Gasteiger partial charge is 0.370 e. The zero-order valence-corrected chi connectivity index (χ0v) is 15.6. The first-order valence-corrected chi connectivity index (χ1v) is 8.75. The lowest BCUT2D eigenvalue weighted by atomic mass is 10.1. The molecule has 0 spiro atoms. The minimum absolute atomic E-state index is 0.109. The summed E-state index contributed by atoms with van der Waals surface area (Å²) in [6.45, 7) is 5.94. The highest BCUT2D eigenvalue weighted by Crippen LogP contribution is 2.22. The summed E-state index contributed by atoms with van der Waals surface area (Å²) in [6, 6.07) is 9.62. The minimum atomic E-state index is -0.109. The smallest absolute Gasteiger partial charge is 0.255 e. The van der Waals surface area contributed by atoms with Gasteiger partial charge in [0.1, 0.15) is 5.82 Å². The molecule has 0 saturated heterocycles. The maximum absolute atomic E-state index is 12.6. The van der Waals surface area contributed by atoms with Crippen LogP contribution in [0, 0.1) is 6.92 Å². The molecule has 25 heavy (non-hydrogen) atoms. The SMILES string of the molecule is CCc1cccc(C)c1NC(=O)c1ccnc(NCCCN(C)C)c1. The van der Waals surface area contributed by atoms with Gasteiger partial charge >= 0.3 is 0 Å². The van der Waals surface area contributed by atoms with Gasteiger partial charge in [0.05, 0.1) is 0 Å². The number of nitrogens with one attached hydrogen (secondary N) is 2. The van der Waals surface area contributed by atoms with Crippen molar-refractivity contribution in [3.8, 4) is 0 Å². The van der Waals surface area contributed by atoms with Gasteiger partial charge in [0.15, 0.2) is 0 Å². The van der Waals surface area contributed by atoms with Crippen LogP contribution in [0.5, 0.6) is 0 Å². The van der Waals surface area contributed by atoms with Crippen LogP contribution in [0.15, 0.2) is 36.5 Å². The third-order valence-corrected chi connectivity index (χ3v) is 4.09. The molecule has 0 aliphatic rings. The highest BCUT2D eigenvalue weighted by atomic mass is 16.1. The average Bonchev–Trinajstić information content (AvgIpc) is 2.60. The van der Waals surface area contributed by atoms with Crippen LogP contribution in [-0.4, -0.2) is 43.0 Å². The number of hydrogen-bond donors (Lipinski definition) is 2. The Morgan fingerprint density at radius 3 is 2.76 bits per heavy atom. The number of aryl methyl sites for hydroxylation is 2. The molecule has 0 fully saturated rings.